The molecule has 5 rings (SSSR count). The normalized spacial score (nSPS) is 16.2. The van der Waals surface area contributed by atoms with Gasteiger partial charge in [-0.1, -0.05) is 0 Å². The first-order chi connectivity index (χ1) is 18.7. The first-order valence-corrected chi connectivity index (χ1v) is 12.4. The zero-order chi connectivity index (χ0) is 27.6. The Morgan fingerprint density at radius 2 is 2.05 bits per heavy atom. The Kier molecular flexibility index (Phi) is 7.03. The number of nitrogens with zero attached hydrogens (tertiary/aromatic N) is 8. The van der Waals surface area contributed by atoms with Gasteiger partial charge in [-0.25, -0.2) is 23.9 Å². The van der Waals surface area contributed by atoms with Crippen LogP contribution < -0.4 is 15.5 Å². The smallest absolute Gasteiger partial charge is 0.255 e. The Balaban J connectivity index is 1.44. The number of aliphatic hydroxyl groups is 1. The number of carbonyl (C=O) groups excluding carboxylic acids is 1. The SMILES string of the molecule is CC(C)(O)C(F)CNC(=O)c1cnc(-c2cnn3cc(C#N)cnc23)cc1N[C@@H]1CCN(c2cncnc2)C1. The van der Waals surface area contributed by atoms with Crippen molar-refractivity contribution >= 4 is 22.9 Å². The molecule has 0 aliphatic carbocycles. The van der Waals surface area contributed by atoms with Crippen molar-refractivity contribution in [3.05, 3.63) is 60.7 Å². The lowest BCUT2D eigenvalue weighted by atomic mass is 10.0. The largest absolute Gasteiger partial charge is 0.387 e. The molecule has 0 radical (unpaired) electrons. The van der Waals surface area contributed by atoms with Crippen LogP contribution in [0.3, 0.4) is 0 Å². The second-order valence-corrected chi connectivity index (χ2v) is 9.90. The summed E-state index contributed by atoms with van der Waals surface area (Å²) >= 11 is 0. The second-order valence-electron chi connectivity index (χ2n) is 9.90. The van der Waals surface area contributed by atoms with Gasteiger partial charge in [0.15, 0.2) is 5.65 Å². The number of hydrogen-bond donors (Lipinski definition) is 3. The van der Waals surface area contributed by atoms with E-state index in [0.29, 0.717) is 34.7 Å². The van der Waals surface area contributed by atoms with Crippen LogP contribution in [-0.4, -0.2) is 78.0 Å². The number of nitrogens with one attached hydrogen (secondary N) is 2. The van der Waals surface area contributed by atoms with Gasteiger partial charge in [0, 0.05) is 31.5 Å². The number of hydrogen-bond acceptors (Lipinski definition) is 10. The molecule has 1 amide bonds. The van der Waals surface area contributed by atoms with E-state index in [1.165, 1.54) is 37.1 Å². The third kappa shape index (κ3) is 5.60. The molecular formula is C26H27FN10O2. The number of nitriles is 1. The average molecular weight is 531 g/mol. The van der Waals surface area contributed by atoms with Crippen molar-refractivity contribution in [2.75, 3.05) is 29.9 Å². The molecule has 1 unspecified atom stereocenters. The van der Waals surface area contributed by atoms with E-state index in [4.69, 9.17) is 5.26 Å². The molecule has 0 bridgehead atoms. The maximum Gasteiger partial charge on any atom is 0.255 e. The molecule has 2 atom stereocenters. The van der Waals surface area contributed by atoms with E-state index in [0.717, 1.165) is 18.7 Å². The van der Waals surface area contributed by atoms with Crippen LogP contribution in [0.2, 0.25) is 0 Å². The van der Waals surface area contributed by atoms with Crippen molar-refractivity contribution in [1.82, 2.24) is 34.9 Å². The van der Waals surface area contributed by atoms with E-state index < -0.39 is 17.7 Å². The quantitative estimate of drug-likeness (QED) is 0.308. The highest BCUT2D eigenvalue weighted by molar-refractivity contribution is 6.00. The van der Waals surface area contributed by atoms with Crippen molar-refractivity contribution in [3.8, 4) is 17.3 Å². The molecule has 4 aromatic rings. The number of carbonyl (C=O) groups is 1. The predicted octanol–water partition coefficient (Wildman–Crippen LogP) is 1.98. The maximum atomic E-state index is 14.3. The van der Waals surface area contributed by atoms with E-state index in [1.807, 2.05) is 6.07 Å². The summed E-state index contributed by atoms with van der Waals surface area (Å²) in [5.41, 5.74) is 2.08. The summed E-state index contributed by atoms with van der Waals surface area (Å²) in [5, 5.41) is 29.4. The fraction of sp³-hybridized carbons (Fsp3) is 0.346. The van der Waals surface area contributed by atoms with Crippen LogP contribution in [0.25, 0.3) is 16.9 Å². The molecular weight excluding hydrogens is 503 g/mol. The van der Waals surface area contributed by atoms with Gasteiger partial charge in [0.25, 0.3) is 5.91 Å². The zero-order valence-corrected chi connectivity index (χ0v) is 21.4. The molecule has 3 N–H and O–H groups in total. The molecule has 1 aliphatic rings. The summed E-state index contributed by atoms with van der Waals surface area (Å²) in [6.45, 7) is 3.78. The molecule has 0 spiro atoms. The highest BCUT2D eigenvalue weighted by Gasteiger charge is 2.28. The molecule has 5 heterocycles. The topological polar surface area (TPSA) is 157 Å². The Morgan fingerprint density at radius 1 is 1.26 bits per heavy atom. The van der Waals surface area contributed by atoms with Crippen LogP contribution in [-0.2, 0) is 0 Å². The van der Waals surface area contributed by atoms with Crippen molar-refractivity contribution in [3.63, 3.8) is 0 Å². The molecule has 13 heteroatoms. The minimum atomic E-state index is -1.65. The molecule has 1 saturated heterocycles. The van der Waals surface area contributed by atoms with Gasteiger partial charge in [-0.2, -0.15) is 10.4 Å². The molecule has 0 aromatic carbocycles. The predicted molar refractivity (Wildman–Crippen MR) is 141 cm³/mol. The summed E-state index contributed by atoms with van der Waals surface area (Å²) in [4.78, 5) is 32.3. The van der Waals surface area contributed by atoms with Crippen LogP contribution in [0.15, 0.2) is 49.6 Å². The van der Waals surface area contributed by atoms with Crippen LogP contribution in [0.4, 0.5) is 15.8 Å². The summed E-state index contributed by atoms with van der Waals surface area (Å²) in [5.74, 6) is -0.522. The number of aromatic nitrogens is 6. The van der Waals surface area contributed by atoms with Gasteiger partial charge in [0.05, 0.1) is 70.7 Å². The number of rotatable bonds is 8. The van der Waals surface area contributed by atoms with Gasteiger partial charge in [0.2, 0.25) is 0 Å². The number of amides is 1. The summed E-state index contributed by atoms with van der Waals surface area (Å²) in [6.07, 6.45) is 10.2. The lowest BCUT2D eigenvalue weighted by Gasteiger charge is -2.23. The Labute approximate surface area is 223 Å². The van der Waals surface area contributed by atoms with Gasteiger partial charge < -0.3 is 20.6 Å². The van der Waals surface area contributed by atoms with Gasteiger partial charge >= 0.3 is 0 Å². The zero-order valence-electron chi connectivity index (χ0n) is 21.4. The van der Waals surface area contributed by atoms with Crippen LogP contribution in [0.5, 0.6) is 0 Å². The first kappa shape index (κ1) is 25.9. The molecule has 39 heavy (non-hydrogen) atoms. The number of pyridine rings is 1. The molecule has 1 fully saturated rings. The summed E-state index contributed by atoms with van der Waals surface area (Å²) in [6, 6.07) is 3.77. The average Bonchev–Trinajstić information content (AvgIpc) is 3.58. The Bertz CT molecular complexity index is 1530. The van der Waals surface area contributed by atoms with Gasteiger partial charge in [0.1, 0.15) is 18.6 Å². The monoisotopic (exact) mass is 530 g/mol. The van der Waals surface area contributed by atoms with E-state index in [-0.39, 0.29) is 18.2 Å². The standard InChI is InChI=1S/C26H27FN10O2/c1-26(2,39)23(27)12-33-25(38)20-10-31-21(19-11-34-37-13-16(6-28)7-32-24(19)37)5-22(20)35-17-3-4-36(14-17)18-8-29-15-30-9-18/h5,7-11,13,15,17,23,39H,3-4,12,14H2,1-2H3,(H,31,35)(H,33,38)/t17-,23?/m1/s1. The first-order valence-electron chi connectivity index (χ1n) is 12.4. The van der Waals surface area contributed by atoms with E-state index >= 15 is 0 Å². The molecule has 1 aliphatic heterocycles. The minimum absolute atomic E-state index is 0.00229. The van der Waals surface area contributed by atoms with E-state index in [9.17, 15) is 14.3 Å². The fourth-order valence-electron chi connectivity index (χ4n) is 4.33. The Hall–Kier alpha value is -4.70. The number of anilines is 2. The molecule has 12 nitrogen and oxygen atoms in total. The lowest BCUT2D eigenvalue weighted by Crippen LogP contribution is -2.42. The van der Waals surface area contributed by atoms with Crippen LogP contribution >= 0.6 is 0 Å². The van der Waals surface area contributed by atoms with Crippen molar-refractivity contribution in [2.24, 2.45) is 0 Å². The second kappa shape index (κ2) is 10.6. The minimum Gasteiger partial charge on any atom is -0.387 e. The third-order valence-electron chi connectivity index (χ3n) is 6.58. The molecule has 4 aromatic heterocycles. The summed E-state index contributed by atoms with van der Waals surface area (Å²) < 4.78 is 15.8. The van der Waals surface area contributed by atoms with Crippen molar-refractivity contribution < 1.29 is 14.3 Å². The van der Waals surface area contributed by atoms with Crippen LogP contribution in [0.1, 0.15) is 36.2 Å². The summed E-state index contributed by atoms with van der Waals surface area (Å²) in [7, 11) is 0. The van der Waals surface area contributed by atoms with Crippen molar-refractivity contribution in [1.29, 1.82) is 5.26 Å². The number of fused-ring (bicyclic) bond motifs is 1. The number of halogens is 1. The van der Waals surface area contributed by atoms with Gasteiger partial charge in [-0.05, 0) is 26.3 Å². The van der Waals surface area contributed by atoms with Gasteiger partial charge in [-0.15, -0.1) is 0 Å². The highest BCUT2D eigenvalue weighted by atomic mass is 19.1. The third-order valence-corrected chi connectivity index (χ3v) is 6.58. The fourth-order valence-corrected chi connectivity index (χ4v) is 4.33. The van der Waals surface area contributed by atoms with Gasteiger partial charge in [-0.3, -0.25) is 9.78 Å². The van der Waals surface area contributed by atoms with Crippen LogP contribution in [0, 0.1) is 11.3 Å². The van der Waals surface area contributed by atoms with Crippen molar-refractivity contribution in [2.45, 2.75) is 38.1 Å². The van der Waals surface area contributed by atoms with E-state index in [2.05, 4.69) is 40.6 Å². The molecule has 200 valence electrons. The molecule has 0 saturated carbocycles. The lowest BCUT2D eigenvalue weighted by molar-refractivity contribution is -0.00177. The number of alkyl halides is 1. The van der Waals surface area contributed by atoms with E-state index in [1.54, 1.807) is 30.9 Å². The highest BCUT2D eigenvalue weighted by Crippen LogP contribution is 2.28. The Morgan fingerprint density at radius 3 is 2.79 bits per heavy atom. The maximum absolute atomic E-state index is 14.3.